The first-order valence-electron chi connectivity index (χ1n) is 5.19. The lowest BCUT2D eigenvalue weighted by molar-refractivity contribution is 0.0286. The predicted molar refractivity (Wildman–Crippen MR) is 49.0 cm³/mol. The van der Waals surface area contributed by atoms with Crippen molar-refractivity contribution in [2.75, 3.05) is 7.05 Å². The van der Waals surface area contributed by atoms with Crippen LogP contribution in [0.15, 0.2) is 0 Å². The zero-order valence-electron chi connectivity index (χ0n) is 7.87. The highest BCUT2D eigenvalue weighted by atomic mass is 16.3. The molecule has 2 fully saturated rings. The molecule has 0 aliphatic heterocycles. The highest BCUT2D eigenvalue weighted by Crippen LogP contribution is 2.32. The van der Waals surface area contributed by atoms with Gasteiger partial charge in [0, 0.05) is 12.1 Å². The molecule has 12 heavy (non-hydrogen) atoms. The average Bonchev–Trinajstić information content (AvgIpc) is 2.86. The molecule has 0 aromatic carbocycles. The minimum absolute atomic E-state index is 0.0515. The summed E-state index contributed by atoms with van der Waals surface area (Å²) in [5, 5.41) is 9.77. The normalized spacial score (nSPS) is 37.2. The van der Waals surface area contributed by atoms with E-state index in [9.17, 15) is 5.11 Å². The predicted octanol–water partition coefficient (Wildman–Crippen LogP) is 1.38. The Morgan fingerprint density at radius 3 is 2.33 bits per heavy atom. The summed E-state index contributed by atoms with van der Waals surface area (Å²) in [7, 11) is 2.18. The van der Waals surface area contributed by atoms with E-state index in [1.165, 1.54) is 32.1 Å². The summed E-state index contributed by atoms with van der Waals surface area (Å²) in [6.07, 6.45) is 7.38. The number of likely N-dealkylation sites (N-methyl/N-ethyl adjacent to an activating group) is 1. The van der Waals surface area contributed by atoms with E-state index in [1.807, 2.05) is 0 Å². The monoisotopic (exact) mass is 169 g/mol. The molecule has 0 heterocycles. The van der Waals surface area contributed by atoms with Crippen molar-refractivity contribution in [1.82, 2.24) is 4.90 Å². The van der Waals surface area contributed by atoms with Gasteiger partial charge in [-0.2, -0.15) is 0 Å². The maximum Gasteiger partial charge on any atom is 0.0695 e. The van der Waals surface area contributed by atoms with Gasteiger partial charge in [0.15, 0.2) is 0 Å². The minimum atomic E-state index is -0.0515. The van der Waals surface area contributed by atoms with Gasteiger partial charge < -0.3 is 5.11 Å². The molecule has 2 saturated carbocycles. The molecule has 0 amide bonds. The third-order valence-corrected chi connectivity index (χ3v) is 3.34. The fourth-order valence-electron chi connectivity index (χ4n) is 2.32. The van der Waals surface area contributed by atoms with Gasteiger partial charge >= 0.3 is 0 Å². The molecule has 0 unspecified atom stereocenters. The van der Waals surface area contributed by atoms with Crippen molar-refractivity contribution in [2.24, 2.45) is 0 Å². The van der Waals surface area contributed by atoms with Crippen LogP contribution in [-0.4, -0.2) is 35.2 Å². The minimum Gasteiger partial charge on any atom is -0.391 e. The molecular formula is C10H19NO. The van der Waals surface area contributed by atoms with E-state index in [2.05, 4.69) is 11.9 Å². The van der Waals surface area contributed by atoms with Gasteiger partial charge in [-0.3, -0.25) is 4.90 Å². The molecule has 0 saturated heterocycles. The van der Waals surface area contributed by atoms with Crippen LogP contribution in [0, 0.1) is 0 Å². The zero-order valence-corrected chi connectivity index (χ0v) is 7.87. The Kier molecular flexibility index (Phi) is 2.37. The van der Waals surface area contributed by atoms with Crippen molar-refractivity contribution in [1.29, 1.82) is 0 Å². The molecule has 2 nitrogen and oxygen atoms in total. The van der Waals surface area contributed by atoms with E-state index in [4.69, 9.17) is 0 Å². The molecule has 2 rings (SSSR count). The molecule has 1 N–H and O–H groups in total. The van der Waals surface area contributed by atoms with Gasteiger partial charge in [-0.1, -0.05) is 12.8 Å². The summed E-state index contributed by atoms with van der Waals surface area (Å²) in [6, 6.07) is 1.26. The SMILES string of the molecule is CN(C1CC1)[C@@H]1CCCC[C@H]1O. The van der Waals surface area contributed by atoms with E-state index in [0.717, 1.165) is 12.5 Å². The summed E-state index contributed by atoms with van der Waals surface area (Å²) in [6.45, 7) is 0. The standard InChI is InChI=1S/C10H19NO/c1-11(8-6-7-8)9-4-2-3-5-10(9)12/h8-10,12H,2-7H2,1H3/t9-,10-/m1/s1. The number of nitrogens with zero attached hydrogens (tertiary/aromatic N) is 1. The molecule has 0 radical (unpaired) electrons. The van der Waals surface area contributed by atoms with Crippen LogP contribution in [0.5, 0.6) is 0 Å². The molecule has 0 aromatic heterocycles. The molecule has 0 spiro atoms. The Balaban J connectivity index is 1.90. The lowest BCUT2D eigenvalue weighted by atomic mass is 9.91. The Hall–Kier alpha value is -0.0800. The summed E-state index contributed by atoms with van der Waals surface area (Å²) >= 11 is 0. The molecule has 0 bridgehead atoms. The van der Waals surface area contributed by atoms with E-state index < -0.39 is 0 Å². The van der Waals surface area contributed by atoms with E-state index in [1.54, 1.807) is 0 Å². The summed E-state index contributed by atoms with van der Waals surface area (Å²) in [5.41, 5.74) is 0. The molecular weight excluding hydrogens is 150 g/mol. The van der Waals surface area contributed by atoms with E-state index >= 15 is 0 Å². The van der Waals surface area contributed by atoms with Crippen LogP contribution in [0.25, 0.3) is 0 Å². The van der Waals surface area contributed by atoms with Crippen LogP contribution >= 0.6 is 0 Å². The number of aliphatic hydroxyl groups is 1. The smallest absolute Gasteiger partial charge is 0.0695 e. The maximum atomic E-state index is 9.77. The molecule has 2 aliphatic rings. The summed E-state index contributed by atoms with van der Waals surface area (Å²) in [4.78, 5) is 2.41. The molecule has 2 atom stereocenters. The Morgan fingerprint density at radius 2 is 1.75 bits per heavy atom. The maximum absolute atomic E-state index is 9.77. The van der Waals surface area contributed by atoms with Gasteiger partial charge in [0.2, 0.25) is 0 Å². The first-order chi connectivity index (χ1) is 5.79. The average molecular weight is 169 g/mol. The summed E-state index contributed by atoms with van der Waals surface area (Å²) in [5.74, 6) is 0. The molecule has 2 aliphatic carbocycles. The number of hydrogen-bond acceptors (Lipinski definition) is 2. The van der Waals surface area contributed by atoms with Crippen LogP contribution < -0.4 is 0 Å². The molecule has 2 heteroatoms. The Bertz CT molecular complexity index is 156. The fraction of sp³-hybridized carbons (Fsp3) is 1.00. The lowest BCUT2D eigenvalue weighted by Gasteiger charge is -2.35. The second-order valence-electron chi connectivity index (χ2n) is 4.32. The zero-order chi connectivity index (χ0) is 8.55. The Morgan fingerprint density at radius 1 is 1.08 bits per heavy atom. The van der Waals surface area contributed by atoms with Gasteiger partial charge in [0.25, 0.3) is 0 Å². The topological polar surface area (TPSA) is 23.5 Å². The van der Waals surface area contributed by atoms with Crippen LogP contribution in [0.2, 0.25) is 0 Å². The van der Waals surface area contributed by atoms with Gasteiger partial charge in [-0.25, -0.2) is 0 Å². The number of aliphatic hydroxyl groups excluding tert-OH is 1. The van der Waals surface area contributed by atoms with E-state index in [0.29, 0.717) is 6.04 Å². The second kappa shape index (κ2) is 3.35. The van der Waals surface area contributed by atoms with E-state index in [-0.39, 0.29) is 6.10 Å². The van der Waals surface area contributed by atoms with Crippen LogP contribution in [-0.2, 0) is 0 Å². The van der Waals surface area contributed by atoms with Gasteiger partial charge in [-0.05, 0) is 32.7 Å². The first kappa shape index (κ1) is 8.52. The molecule has 70 valence electrons. The highest BCUT2D eigenvalue weighted by Gasteiger charge is 2.35. The van der Waals surface area contributed by atoms with Gasteiger partial charge in [0.05, 0.1) is 6.10 Å². The van der Waals surface area contributed by atoms with Gasteiger partial charge in [0.1, 0.15) is 0 Å². The number of rotatable bonds is 2. The van der Waals surface area contributed by atoms with Crippen molar-refractivity contribution in [3.8, 4) is 0 Å². The van der Waals surface area contributed by atoms with Crippen LogP contribution in [0.4, 0.5) is 0 Å². The second-order valence-corrected chi connectivity index (χ2v) is 4.32. The third kappa shape index (κ3) is 1.64. The van der Waals surface area contributed by atoms with Crippen molar-refractivity contribution < 1.29 is 5.11 Å². The van der Waals surface area contributed by atoms with Crippen molar-refractivity contribution >= 4 is 0 Å². The van der Waals surface area contributed by atoms with Crippen LogP contribution in [0.1, 0.15) is 38.5 Å². The Labute approximate surface area is 74.6 Å². The summed E-state index contributed by atoms with van der Waals surface area (Å²) < 4.78 is 0. The van der Waals surface area contributed by atoms with Crippen molar-refractivity contribution in [3.05, 3.63) is 0 Å². The van der Waals surface area contributed by atoms with Crippen LogP contribution in [0.3, 0.4) is 0 Å². The highest BCUT2D eigenvalue weighted by molar-refractivity contribution is 4.90. The fourth-order valence-corrected chi connectivity index (χ4v) is 2.32. The largest absolute Gasteiger partial charge is 0.391 e. The van der Waals surface area contributed by atoms with Crippen molar-refractivity contribution in [3.63, 3.8) is 0 Å². The number of hydrogen-bond donors (Lipinski definition) is 1. The lowest BCUT2D eigenvalue weighted by Crippen LogP contribution is -2.44. The van der Waals surface area contributed by atoms with Crippen molar-refractivity contribution in [2.45, 2.75) is 56.7 Å². The quantitative estimate of drug-likeness (QED) is 0.675. The first-order valence-corrected chi connectivity index (χ1v) is 5.19. The third-order valence-electron chi connectivity index (χ3n) is 3.34. The molecule has 0 aromatic rings. The van der Waals surface area contributed by atoms with Gasteiger partial charge in [-0.15, -0.1) is 0 Å².